The van der Waals surface area contributed by atoms with Gasteiger partial charge in [0.15, 0.2) is 0 Å². The molecule has 0 aromatic heterocycles. The average Bonchev–Trinajstić information content (AvgIpc) is 2.04. The third kappa shape index (κ3) is 32.7. The van der Waals surface area contributed by atoms with E-state index in [1.54, 1.807) is 14.2 Å². The summed E-state index contributed by atoms with van der Waals surface area (Å²) in [5.74, 6) is 0. The monoisotopic (exact) mass is 179 g/mol. The van der Waals surface area contributed by atoms with Crippen molar-refractivity contribution in [1.29, 1.82) is 0 Å². The molecule has 0 aliphatic heterocycles. The molecule has 0 spiro atoms. The molecule has 0 amide bonds. The lowest BCUT2D eigenvalue weighted by Gasteiger charge is -1.93. The Morgan fingerprint density at radius 2 is 1.58 bits per heavy atom. The fourth-order valence-electron chi connectivity index (χ4n) is 0.408. The maximum Gasteiger partial charge on any atom is 0.0679 e. The van der Waals surface area contributed by atoms with Gasteiger partial charge in [-0.05, 0) is 12.8 Å². The number of hydroxylamine groups is 1. The maximum absolute atomic E-state index is 4.73. The van der Waals surface area contributed by atoms with Gasteiger partial charge in [0.25, 0.3) is 0 Å². The van der Waals surface area contributed by atoms with Gasteiger partial charge < -0.3 is 9.57 Å². The van der Waals surface area contributed by atoms with Crippen molar-refractivity contribution in [3.05, 3.63) is 0 Å². The molecule has 3 heteroatoms. The lowest BCUT2D eigenvalue weighted by atomic mass is 10.5. The van der Waals surface area contributed by atoms with Gasteiger partial charge in [-0.25, -0.2) is 5.48 Å². The first-order chi connectivity index (χ1) is 5.33. The summed E-state index contributed by atoms with van der Waals surface area (Å²) in [6.45, 7) is 5.84. The van der Waals surface area contributed by atoms with Gasteiger partial charge in [-0.15, -0.1) is 0 Å². The molecule has 3 nitrogen and oxygen atoms in total. The third-order valence-corrected chi connectivity index (χ3v) is 0.859. The summed E-state index contributed by atoms with van der Waals surface area (Å²) < 4.78 is 4.69. The number of ether oxygens (including phenoxy) is 1. The first-order valence-corrected chi connectivity index (χ1v) is 4.10. The normalized spacial score (nSPS) is 8.00. The molecule has 0 aromatic carbocycles. The van der Waals surface area contributed by atoms with Gasteiger partial charge in [-0.3, -0.25) is 0 Å². The van der Waals surface area contributed by atoms with Crippen LogP contribution < -0.4 is 5.48 Å². The lowest BCUT2D eigenvalue weighted by Crippen LogP contribution is -2.06. The predicted molar refractivity (Wildman–Crippen MR) is 54.2 cm³/mol. The summed E-state index contributed by atoms with van der Waals surface area (Å²) in [5.41, 5.74) is 2.57. The Morgan fingerprint density at radius 3 is 1.67 bits per heavy atom. The van der Waals surface area contributed by atoms with Gasteiger partial charge >= 0.3 is 0 Å². The van der Waals surface area contributed by atoms with Gasteiger partial charge in [0.2, 0.25) is 0 Å². The molecule has 1 N–H and O–H groups in total. The van der Waals surface area contributed by atoms with E-state index in [9.17, 15) is 0 Å². The topological polar surface area (TPSA) is 30.5 Å². The Bertz CT molecular complexity index is 45.8. The van der Waals surface area contributed by atoms with Gasteiger partial charge in [0.05, 0.1) is 6.61 Å². The largest absolute Gasteiger partial charge is 0.385 e. The van der Waals surface area contributed by atoms with E-state index in [-0.39, 0.29) is 7.43 Å². The molecule has 0 aliphatic rings. The molecule has 0 saturated heterocycles. The van der Waals surface area contributed by atoms with E-state index in [4.69, 9.17) is 9.57 Å². The van der Waals surface area contributed by atoms with E-state index in [1.807, 2.05) is 0 Å². The van der Waals surface area contributed by atoms with Crippen molar-refractivity contribution in [2.24, 2.45) is 0 Å². The second-order valence-corrected chi connectivity index (χ2v) is 2.05. The molecule has 0 saturated carbocycles. The Hall–Kier alpha value is -0.120. The van der Waals surface area contributed by atoms with Crippen LogP contribution in [-0.2, 0) is 9.57 Å². The number of hydrogen-bond donors (Lipinski definition) is 1. The Balaban J connectivity index is -0.000000126. The minimum atomic E-state index is 0. The molecule has 78 valence electrons. The summed E-state index contributed by atoms with van der Waals surface area (Å²) in [4.78, 5) is 4.73. The number of nitrogens with one attached hydrogen (secondary N) is 1. The summed E-state index contributed by atoms with van der Waals surface area (Å²) in [6.07, 6.45) is 2.19. The number of methoxy groups -OCH3 is 1. The molecule has 0 unspecified atom stereocenters. The molecule has 0 fully saturated rings. The van der Waals surface area contributed by atoms with Crippen molar-refractivity contribution < 1.29 is 9.57 Å². The van der Waals surface area contributed by atoms with E-state index >= 15 is 0 Å². The van der Waals surface area contributed by atoms with Crippen molar-refractivity contribution in [3.63, 3.8) is 0 Å². The molecular weight excluding hydrogens is 154 g/mol. The van der Waals surface area contributed by atoms with E-state index in [0.717, 1.165) is 26.1 Å². The quantitative estimate of drug-likeness (QED) is 0.518. The highest BCUT2D eigenvalue weighted by Gasteiger charge is 1.71. The van der Waals surface area contributed by atoms with Gasteiger partial charge in [-0.2, -0.15) is 0 Å². The van der Waals surface area contributed by atoms with E-state index < -0.39 is 0 Å². The smallest absolute Gasteiger partial charge is 0.0679 e. The second-order valence-electron chi connectivity index (χ2n) is 2.05. The fourth-order valence-corrected chi connectivity index (χ4v) is 0.408. The first-order valence-electron chi connectivity index (χ1n) is 4.10. The van der Waals surface area contributed by atoms with Crippen LogP contribution in [0, 0.1) is 0 Å². The van der Waals surface area contributed by atoms with Crippen molar-refractivity contribution in [2.75, 3.05) is 27.4 Å². The summed E-state index contributed by atoms with van der Waals surface area (Å²) in [5, 5.41) is 0. The Labute approximate surface area is 77.4 Å². The zero-order valence-electron chi connectivity index (χ0n) is 8.14. The minimum Gasteiger partial charge on any atom is -0.385 e. The van der Waals surface area contributed by atoms with Crippen LogP contribution in [0.5, 0.6) is 0 Å². The van der Waals surface area contributed by atoms with Crippen LogP contribution in [0.1, 0.15) is 34.1 Å². The molecule has 0 aromatic rings. The highest BCUT2D eigenvalue weighted by molar-refractivity contribution is 4.16. The van der Waals surface area contributed by atoms with Crippen LogP contribution in [0.3, 0.4) is 0 Å². The maximum atomic E-state index is 4.73. The minimum absolute atomic E-state index is 0. The molecular formula is C9H25NO2. The molecule has 0 bridgehead atoms. The summed E-state index contributed by atoms with van der Waals surface area (Å²) in [6, 6.07) is 0. The SMILES string of the molecule is C.CCCOC.CCCONC. The Morgan fingerprint density at radius 1 is 1.08 bits per heavy atom. The summed E-state index contributed by atoms with van der Waals surface area (Å²) >= 11 is 0. The van der Waals surface area contributed by atoms with Crippen LogP contribution in [-0.4, -0.2) is 27.4 Å². The zero-order valence-corrected chi connectivity index (χ0v) is 8.14. The van der Waals surface area contributed by atoms with Crippen molar-refractivity contribution in [1.82, 2.24) is 5.48 Å². The van der Waals surface area contributed by atoms with Crippen LogP contribution in [0.2, 0.25) is 0 Å². The van der Waals surface area contributed by atoms with E-state index in [2.05, 4.69) is 19.3 Å². The van der Waals surface area contributed by atoms with Crippen molar-refractivity contribution in [3.8, 4) is 0 Å². The van der Waals surface area contributed by atoms with Gasteiger partial charge in [-0.1, -0.05) is 21.3 Å². The van der Waals surface area contributed by atoms with Crippen LogP contribution in [0.4, 0.5) is 0 Å². The zero-order chi connectivity index (χ0) is 8.95. The van der Waals surface area contributed by atoms with E-state index in [1.165, 1.54) is 0 Å². The highest BCUT2D eigenvalue weighted by atomic mass is 16.6. The molecule has 12 heavy (non-hydrogen) atoms. The molecule has 0 rings (SSSR count). The predicted octanol–water partition coefficient (Wildman–Crippen LogP) is 2.23. The lowest BCUT2D eigenvalue weighted by molar-refractivity contribution is 0.0585. The number of hydrogen-bond acceptors (Lipinski definition) is 3. The van der Waals surface area contributed by atoms with E-state index in [0.29, 0.717) is 0 Å². The van der Waals surface area contributed by atoms with Gasteiger partial charge in [0.1, 0.15) is 0 Å². The molecule has 0 radical (unpaired) electrons. The highest BCUT2D eigenvalue weighted by Crippen LogP contribution is 1.71. The molecule has 0 atom stereocenters. The fraction of sp³-hybridized carbons (Fsp3) is 1.00. The number of rotatable bonds is 5. The average molecular weight is 179 g/mol. The van der Waals surface area contributed by atoms with Crippen LogP contribution >= 0.6 is 0 Å². The summed E-state index contributed by atoms with van der Waals surface area (Å²) in [7, 11) is 3.47. The first kappa shape index (κ1) is 17.8. The van der Waals surface area contributed by atoms with Crippen LogP contribution in [0.15, 0.2) is 0 Å². The van der Waals surface area contributed by atoms with Crippen molar-refractivity contribution in [2.45, 2.75) is 34.1 Å². The van der Waals surface area contributed by atoms with Crippen LogP contribution in [0.25, 0.3) is 0 Å². The third-order valence-electron chi connectivity index (χ3n) is 0.859. The second kappa shape index (κ2) is 22.4. The molecule has 0 heterocycles. The molecule has 0 aliphatic carbocycles. The van der Waals surface area contributed by atoms with Gasteiger partial charge in [0, 0.05) is 20.8 Å². The van der Waals surface area contributed by atoms with Crippen molar-refractivity contribution >= 4 is 0 Å². The Kier molecular flexibility index (Phi) is 33.3. The standard InChI is InChI=1S/C4H11NO.C4H10O.CH4/c1-3-4-6-5-2;1-3-4-5-2;/h5H,3-4H2,1-2H3;3-4H2,1-2H3;1H4.